The average Bonchev–Trinajstić information content (AvgIpc) is 3.30. The first-order chi connectivity index (χ1) is 28.7. The molecule has 0 spiro atoms. The van der Waals surface area contributed by atoms with Crippen LogP contribution in [0.5, 0.6) is 0 Å². The van der Waals surface area contributed by atoms with Gasteiger partial charge in [-0.25, -0.2) is 9.97 Å². The summed E-state index contributed by atoms with van der Waals surface area (Å²) in [4.78, 5) is 19.0. The Morgan fingerprint density at radius 3 is 1.36 bits per heavy atom. The molecule has 0 atom stereocenters. The largest absolute Gasteiger partial charge is 0.255 e. The molecule has 8 aromatic carbocycles. The molecule has 0 saturated carbocycles. The predicted octanol–water partition coefficient (Wildman–Crippen LogP) is 13.9. The second kappa shape index (κ2) is 14.0. The van der Waals surface area contributed by atoms with Crippen LogP contribution in [-0.2, 0) is 0 Å². The normalized spacial score (nSPS) is 11.4. The number of nitrogens with zero attached hydrogens (tertiary/aromatic N) is 4. The van der Waals surface area contributed by atoms with Gasteiger partial charge in [-0.3, -0.25) is 9.97 Å². The van der Waals surface area contributed by atoms with Gasteiger partial charge in [0, 0.05) is 18.0 Å². The van der Waals surface area contributed by atoms with Gasteiger partial charge in [0.25, 0.3) is 0 Å². The summed E-state index contributed by atoms with van der Waals surface area (Å²) in [5.74, 6) is 0.563. The number of rotatable bonds is 6. The van der Waals surface area contributed by atoms with E-state index >= 15 is 0 Å². The van der Waals surface area contributed by atoms with E-state index < -0.39 is 0 Å². The highest BCUT2D eigenvalue weighted by Gasteiger charge is 2.19. The van der Waals surface area contributed by atoms with Crippen LogP contribution in [0.2, 0.25) is 0 Å². The molecule has 3 aromatic heterocycles. The molecule has 0 amide bonds. The van der Waals surface area contributed by atoms with Gasteiger partial charge in [0.2, 0.25) is 0 Å². The molecule has 0 N–H and O–H groups in total. The van der Waals surface area contributed by atoms with Crippen molar-refractivity contribution in [2.24, 2.45) is 0 Å². The van der Waals surface area contributed by atoms with Crippen LogP contribution in [0.25, 0.3) is 111 Å². The topological polar surface area (TPSA) is 51.6 Å². The second-order valence-electron chi connectivity index (χ2n) is 14.6. The van der Waals surface area contributed by atoms with Gasteiger partial charge in [-0.05, 0) is 125 Å². The lowest BCUT2D eigenvalue weighted by atomic mass is 9.84. The lowest BCUT2D eigenvalue weighted by Gasteiger charge is -2.19. The lowest BCUT2D eigenvalue weighted by molar-refractivity contribution is 1.13. The summed E-state index contributed by atoms with van der Waals surface area (Å²) in [6, 6.07) is 69.1. The summed E-state index contributed by atoms with van der Waals surface area (Å²) in [5, 5.41) is 9.85. The van der Waals surface area contributed by atoms with Crippen LogP contribution in [0.3, 0.4) is 0 Å². The summed E-state index contributed by atoms with van der Waals surface area (Å²) in [5.41, 5.74) is 11.2. The van der Waals surface area contributed by atoms with E-state index in [0.717, 1.165) is 33.8 Å². The first-order valence-corrected chi connectivity index (χ1v) is 19.5. The Bertz CT molecular complexity index is 3260. The highest BCUT2D eigenvalue weighted by atomic mass is 14.9. The summed E-state index contributed by atoms with van der Waals surface area (Å²) in [7, 11) is 0. The molecule has 0 saturated heterocycles. The number of pyridine rings is 2. The van der Waals surface area contributed by atoms with Gasteiger partial charge < -0.3 is 0 Å². The number of hydrogen-bond donors (Lipinski definition) is 0. The average molecular weight is 739 g/mol. The Kier molecular flexibility index (Phi) is 8.11. The quantitative estimate of drug-likeness (QED) is 0.159. The molecule has 0 fully saturated rings. The summed E-state index contributed by atoms with van der Waals surface area (Å²) < 4.78 is 0. The van der Waals surface area contributed by atoms with Gasteiger partial charge in [-0.1, -0.05) is 146 Å². The van der Waals surface area contributed by atoms with Crippen LogP contribution in [0.1, 0.15) is 0 Å². The fourth-order valence-corrected chi connectivity index (χ4v) is 8.35. The van der Waals surface area contributed by atoms with Crippen molar-refractivity contribution in [3.63, 3.8) is 0 Å². The number of hydrogen-bond acceptors (Lipinski definition) is 4. The Morgan fingerprint density at radius 2 is 0.741 bits per heavy atom. The molecular weight excluding hydrogens is 705 g/mol. The van der Waals surface area contributed by atoms with E-state index in [9.17, 15) is 0 Å². The molecule has 4 nitrogen and oxygen atoms in total. The first-order valence-electron chi connectivity index (χ1n) is 19.5. The van der Waals surface area contributed by atoms with E-state index in [-0.39, 0.29) is 0 Å². The van der Waals surface area contributed by atoms with Crippen molar-refractivity contribution in [3.8, 4) is 67.5 Å². The smallest absolute Gasteiger partial charge is 0.179 e. The van der Waals surface area contributed by atoms with Crippen LogP contribution in [-0.4, -0.2) is 19.9 Å². The van der Waals surface area contributed by atoms with Gasteiger partial charge >= 0.3 is 0 Å². The molecule has 4 heteroatoms. The third-order valence-corrected chi connectivity index (χ3v) is 11.2. The summed E-state index contributed by atoms with van der Waals surface area (Å²) in [6.07, 6.45) is 3.55. The fourth-order valence-electron chi connectivity index (χ4n) is 8.35. The molecule has 0 aliphatic carbocycles. The van der Waals surface area contributed by atoms with E-state index in [1.165, 1.54) is 65.3 Å². The Morgan fingerprint density at radius 1 is 0.259 bits per heavy atom. The van der Waals surface area contributed by atoms with Crippen molar-refractivity contribution in [1.82, 2.24) is 19.9 Å². The third-order valence-electron chi connectivity index (χ3n) is 11.2. The molecule has 0 unspecified atom stereocenters. The highest BCUT2D eigenvalue weighted by Crippen LogP contribution is 2.46. The van der Waals surface area contributed by atoms with Crippen LogP contribution >= 0.6 is 0 Å². The van der Waals surface area contributed by atoms with Crippen molar-refractivity contribution in [2.75, 3.05) is 0 Å². The number of aromatic nitrogens is 4. The summed E-state index contributed by atoms with van der Waals surface area (Å²) in [6.45, 7) is 0. The molecular formula is C54H34N4. The molecule has 270 valence electrons. The zero-order chi connectivity index (χ0) is 38.4. The Labute approximate surface area is 335 Å². The monoisotopic (exact) mass is 738 g/mol. The van der Waals surface area contributed by atoms with Gasteiger partial charge in [-0.15, -0.1) is 0 Å². The van der Waals surface area contributed by atoms with Crippen molar-refractivity contribution in [3.05, 3.63) is 207 Å². The van der Waals surface area contributed by atoms with Gasteiger partial charge in [0.15, 0.2) is 5.82 Å². The van der Waals surface area contributed by atoms with Crippen molar-refractivity contribution >= 4 is 43.1 Å². The zero-order valence-electron chi connectivity index (χ0n) is 31.4. The molecule has 0 bridgehead atoms. The maximum Gasteiger partial charge on any atom is 0.179 e. The lowest BCUT2D eigenvalue weighted by Crippen LogP contribution is -1.98. The maximum atomic E-state index is 4.99. The van der Waals surface area contributed by atoms with Crippen molar-refractivity contribution in [1.29, 1.82) is 0 Å². The molecule has 11 aromatic rings. The maximum absolute atomic E-state index is 4.99. The minimum atomic E-state index is 0.563. The molecule has 3 heterocycles. The molecule has 0 aliphatic heterocycles. The predicted molar refractivity (Wildman–Crippen MR) is 240 cm³/mol. The van der Waals surface area contributed by atoms with Crippen LogP contribution in [0, 0.1) is 0 Å². The van der Waals surface area contributed by atoms with Crippen LogP contribution in [0.15, 0.2) is 207 Å². The van der Waals surface area contributed by atoms with E-state index in [4.69, 9.17) is 9.97 Å². The van der Waals surface area contributed by atoms with Gasteiger partial charge in [0.1, 0.15) is 5.69 Å². The molecule has 58 heavy (non-hydrogen) atoms. The minimum Gasteiger partial charge on any atom is -0.255 e. The number of benzene rings is 8. The van der Waals surface area contributed by atoms with E-state index in [1.54, 1.807) is 12.4 Å². The van der Waals surface area contributed by atoms with E-state index in [2.05, 4.69) is 162 Å². The van der Waals surface area contributed by atoms with Gasteiger partial charge in [0.05, 0.1) is 17.1 Å². The molecule has 11 rings (SSSR count). The van der Waals surface area contributed by atoms with Crippen LogP contribution in [0.4, 0.5) is 0 Å². The van der Waals surface area contributed by atoms with Crippen molar-refractivity contribution in [2.45, 2.75) is 0 Å². The summed E-state index contributed by atoms with van der Waals surface area (Å²) >= 11 is 0. The highest BCUT2D eigenvalue weighted by molar-refractivity contribution is 6.22. The van der Waals surface area contributed by atoms with Crippen LogP contribution < -0.4 is 0 Å². The standard InChI is InChI=1S/C54H34N4/c1-3-13-39-31-42(25-21-35(39)11-1)52-44-15-5-6-16-45(44)53(43-26-22-36-12-2-4-14-40(36)32-43)47-33-41(27-28-46(47)52)37-19-23-38(24-20-37)50-34-51(48-17-7-9-29-55-48)58-54(57-50)49-18-8-10-30-56-49/h1-34H. The zero-order valence-corrected chi connectivity index (χ0v) is 31.4. The Hall–Kier alpha value is -7.82. The fraction of sp³-hybridized carbons (Fsp3) is 0. The SMILES string of the molecule is c1ccc(-c2cc(-c3ccc(-c4ccc5c(-c6ccc7ccccc7c6)c6ccccc6c(-c6ccc7ccccc7c6)c5c4)cc3)nc(-c3ccccn3)n2)nc1. The van der Waals surface area contributed by atoms with E-state index in [0.29, 0.717) is 11.5 Å². The molecule has 0 aliphatic rings. The van der Waals surface area contributed by atoms with Crippen molar-refractivity contribution < 1.29 is 0 Å². The van der Waals surface area contributed by atoms with Gasteiger partial charge in [-0.2, -0.15) is 0 Å². The van der Waals surface area contributed by atoms with E-state index in [1.807, 2.05) is 42.5 Å². The first kappa shape index (κ1) is 33.5. The number of fused-ring (bicyclic) bond motifs is 4. The Balaban J connectivity index is 1.09. The third kappa shape index (κ3) is 5.96. The minimum absolute atomic E-state index is 0.563. The molecule has 0 radical (unpaired) electrons. The second-order valence-corrected chi connectivity index (χ2v) is 14.6.